The predicted molar refractivity (Wildman–Crippen MR) is 69.4 cm³/mol. The number of benzene rings is 1. The van der Waals surface area contributed by atoms with Crippen molar-refractivity contribution < 1.29 is 8.78 Å². The second-order valence-corrected chi connectivity index (χ2v) is 5.50. The Morgan fingerprint density at radius 2 is 2.06 bits per heavy atom. The molecular weight excluding hydrogens is 324 g/mol. The fourth-order valence-corrected chi connectivity index (χ4v) is 2.69. The Balaban J connectivity index is 2.21. The number of nitrogens with zero attached hydrogens (tertiary/aromatic N) is 3. The standard InChI is InChI=1S/C11H10BrF2N3S/c1-6-15-16-11(17(6)2)18-5-7-9(13)4-3-8(12)10(7)14/h3-4H,5H2,1-2H3. The van der Waals surface area contributed by atoms with Crippen LogP contribution in [-0.4, -0.2) is 14.8 Å². The molecule has 0 radical (unpaired) electrons. The van der Waals surface area contributed by atoms with Crippen molar-refractivity contribution in [2.45, 2.75) is 17.8 Å². The minimum Gasteiger partial charge on any atom is -0.309 e. The van der Waals surface area contributed by atoms with E-state index in [4.69, 9.17) is 0 Å². The van der Waals surface area contributed by atoms with Crippen LogP contribution in [0.15, 0.2) is 21.8 Å². The molecule has 7 heteroatoms. The van der Waals surface area contributed by atoms with Crippen LogP contribution in [0, 0.1) is 18.6 Å². The number of hydrogen-bond acceptors (Lipinski definition) is 3. The summed E-state index contributed by atoms with van der Waals surface area (Å²) in [5.74, 6) is -0.195. The van der Waals surface area contributed by atoms with Crippen molar-refractivity contribution in [3.05, 3.63) is 39.6 Å². The van der Waals surface area contributed by atoms with Gasteiger partial charge in [0.15, 0.2) is 5.16 Å². The lowest BCUT2D eigenvalue weighted by atomic mass is 10.2. The SMILES string of the molecule is Cc1nnc(SCc2c(F)ccc(Br)c2F)n1C. The van der Waals surface area contributed by atoms with Gasteiger partial charge in [-0.1, -0.05) is 11.8 Å². The maximum Gasteiger partial charge on any atom is 0.191 e. The van der Waals surface area contributed by atoms with E-state index < -0.39 is 11.6 Å². The van der Waals surface area contributed by atoms with Crippen molar-refractivity contribution in [2.24, 2.45) is 7.05 Å². The average molecular weight is 334 g/mol. The van der Waals surface area contributed by atoms with Gasteiger partial charge < -0.3 is 4.57 Å². The molecule has 0 aliphatic carbocycles. The Bertz CT molecular complexity index is 586. The molecule has 96 valence electrons. The summed E-state index contributed by atoms with van der Waals surface area (Å²) in [6.45, 7) is 1.82. The van der Waals surface area contributed by atoms with E-state index in [1.807, 2.05) is 14.0 Å². The van der Waals surface area contributed by atoms with E-state index in [1.54, 1.807) is 4.57 Å². The highest BCUT2D eigenvalue weighted by Gasteiger charge is 2.14. The summed E-state index contributed by atoms with van der Waals surface area (Å²) < 4.78 is 29.3. The lowest BCUT2D eigenvalue weighted by Gasteiger charge is -2.06. The van der Waals surface area contributed by atoms with Crippen LogP contribution in [0.4, 0.5) is 8.78 Å². The molecule has 0 N–H and O–H groups in total. The summed E-state index contributed by atoms with van der Waals surface area (Å²) in [7, 11) is 1.81. The van der Waals surface area contributed by atoms with E-state index in [9.17, 15) is 8.78 Å². The summed E-state index contributed by atoms with van der Waals surface area (Å²) in [5, 5.41) is 8.45. The monoisotopic (exact) mass is 333 g/mol. The first-order valence-electron chi connectivity index (χ1n) is 5.12. The van der Waals surface area contributed by atoms with Gasteiger partial charge in [-0.2, -0.15) is 0 Å². The highest BCUT2D eigenvalue weighted by Crippen LogP contribution is 2.27. The molecule has 0 atom stereocenters. The molecule has 2 aromatic rings. The number of hydrogen-bond donors (Lipinski definition) is 0. The molecule has 1 aromatic heterocycles. The van der Waals surface area contributed by atoms with E-state index in [-0.39, 0.29) is 15.8 Å². The van der Waals surface area contributed by atoms with Crippen molar-refractivity contribution in [1.29, 1.82) is 0 Å². The lowest BCUT2D eigenvalue weighted by Crippen LogP contribution is -1.97. The van der Waals surface area contributed by atoms with Gasteiger partial charge in [-0.15, -0.1) is 10.2 Å². The number of halogens is 3. The van der Waals surface area contributed by atoms with Crippen molar-refractivity contribution in [1.82, 2.24) is 14.8 Å². The molecule has 0 saturated carbocycles. The number of thioether (sulfide) groups is 1. The van der Waals surface area contributed by atoms with Gasteiger partial charge in [0.25, 0.3) is 0 Å². The predicted octanol–water partition coefficient (Wildman–Crippen LogP) is 3.46. The molecule has 0 saturated heterocycles. The van der Waals surface area contributed by atoms with Crippen LogP contribution in [0.5, 0.6) is 0 Å². The number of aromatic nitrogens is 3. The lowest BCUT2D eigenvalue weighted by molar-refractivity contribution is 0.562. The highest BCUT2D eigenvalue weighted by atomic mass is 79.9. The molecule has 18 heavy (non-hydrogen) atoms. The Kier molecular flexibility index (Phi) is 4.01. The maximum atomic E-state index is 13.7. The Morgan fingerprint density at radius 1 is 1.33 bits per heavy atom. The van der Waals surface area contributed by atoms with Gasteiger partial charge in [0, 0.05) is 18.4 Å². The minimum atomic E-state index is -0.568. The van der Waals surface area contributed by atoms with Crippen molar-refractivity contribution >= 4 is 27.7 Å². The van der Waals surface area contributed by atoms with Gasteiger partial charge in [-0.05, 0) is 35.0 Å². The summed E-state index contributed by atoms with van der Waals surface area (Å²) in [6.07, 6.45) is 0. The molecule has 0 aliphatic heterocycles. The molecule has 2 rings (SSSR count). The molecule has 0 bridgehead atoms. The topological polar surface area (TPSA) is 30.7 Å². The van der Waals surface area contributed by atoms with E-state index in [2.05, 4.69) is 26.1 Å². The van der Waals surface area contributed by atoms with Crippen molar-refractivity contribution in [2.75, 3.05) is 0 Å². The average Bonchev–Trinajstić information content (AvgIpc) is 2.66. The van der Waals surface area contributed by atoms with Crippen LogP contribution in [0.1, 0.15) is 11.4 Å². The Hall–Kier alpha value is -0.950. The van der Waals surface area contributed by atoms with Gasteiger partial charge in [0.1, 0.15) is 17.5 Å². The zero-order valence-corrected chi connectivity index (χ0v) is 12.1. The zero-order chi connectivity index (χ0) is 13.3. The first kappa shape index (κ1) is 13.5. The fraction of sp³-hybridized carbons (Fsp3) is 0.273. The first-order chi connectivity index (χ1) is 8.50. The van der Waals surface area contributed by atoms with E-state index >= 15 is 0 Å². The minimum absolute atomic E-state index is 0.0371. The third-order valence-electron chi connectivity index (χ3n) is 2.54. The Labute approximate surface area is 116 Å². The van der Waals surface area contributed by atoms with E-state index in [1.165, 1.54) is 23.9 Å². The van der Waals surface area contributed by atoms with E-state index in [0.717, 1.165) is 5.82 Å². The van der Waals surface area contributed by atoms with Crippen LogP contribution in [-0.2, 0) is 12.8 Å². The number of rotatable bonds is 3. The molecule has 1 aromatic carbocycles. The molecule has 0 spiro atoms. The van der Waals surface area contributed by atoms with Crippen molar-refractivity contribution in [3.63, 3.8) is 0 Å². The smallest absolute Gasteiger partial charge is 0.191 e. The molecule has 0 unspecified atom stereocenters. The normalized spacial score (nSPS) is 10.9. The van der Waals surface area contributed by atoms with Crippen LogP contribution >= 0.6 is 27.7 Å². The third-order valence-corrected chi connectivity index (χ3v) is 4.20. The number of aryl methyl sites for hydroxylation is 1. The molecular formula is C11H10BrF2N3S. The van der Waals surface area contributed by atoms with Gasteiger partial charge in [0.2, 0.25) is 0 Å². The van der Waals surface area contributed by atoms with Gasteiger partial charge in [0.05, 0.1) is 4.47 Å². The van der Waals surface area contributed by atoms with E-state index in [0.29, 0.717) is 5.16 Å². The molecule has 1 heterocycles. The van der Waals surface area contributed by atoms with Gasteiger partial charge >= 0.3 is 0 Å². The summed E-state index contributed by atoms with van der Waals surface area (Å²) >= 11 is 4.29. The molecule has 0 amide bonds. The maximum absolute atomic E-state index is 13.7. The molecule has 0 aliphatic rings. The van der Waals surface area contributed by atoms with Crippen molar-refractivity contribution in [3.8, 4) is 0 Å². The van der Waals surface area contributed by atoms with Gasteiger partial charge in [-0.25, -0.2) is 8.78 Å². The third kappa shape index (κ3) is 2.56. The fourth-order valence-electron chi connectivity index (χ4n) is 1.35. The van der Waals surface area contributed by atoms with Gasteiger partial charge in [-0.3, -0.25) is 0 Å². The summed E-state index contributed by atoms with van der Waals surface area (Å²) in [4.78, 5) is 0. The second-order valence-electron chi connectivity index (χ2n) is 3.70. The first-order valence-corrected chi connectivity index (χ1v) is 6.89. The Morgan fingerprint density at radius 3 is 2.67 bits per heavy atom. The molecule has 3 nitrogen and oxygen atoms in total. The molecule has 0 fully saturated rings. The summed E-state index contributed by atoms with van der Waals surface area (Å²) in [5.41, 5.74) is 0.0371. The van der Waals surface area contributed by atoms with Crippen LogP contribution in [0.3, 0.4) is 0 Å². The van der Waals surface area contributed by atoms with Crippen LogP contribution in [0.2, 0.25) is 0 Å². The largest absolute Gasteiger partial charge is 0.309 e. The van der Waals surface area contributed by atoms with Crippen LogP contribution < -0.4 is 0 Å². The zero-order valence-electron chi connectivity index (χ0n) is 9.75. The van der Waals surface area contributed by atoms with Crippen LogP contribution in [0.25, 0.3) is 0 Å². The second kappa shape index (κ2) is 5.36. The summed E-state index contributed by atoms with van der Waals surface area (Å²) in [6, 6.07) is 2.59. The highest BCUT2D eigenvalue weighted by molar-refractivity contribution is 9.10. The quantitative estimate of drug-likeness (QED) is 0.636.